The second-order valence-corrected chi connectivity index (χ2v) is 2.81. The Morgan fingerprint density at radius 3 is 2.73 bits per heavy atom. The van der Waals surface area contributed by atoms with E-state index >= 15 is 0 Å². The maximum Gasteiger partial charge on any atom is 2.00 e. The number of aliphatic carboxylic acids is 1. The number of carboxylic acid groups (broad SMARTS) is 1. The quantitative estimate of drug-likeness (QED) is 0.831. The molecule has 0 aliphatic rings. The fourth-order valence-corrected chi connectivity index (χ4v) is 1.34. The third-order valence-corrected chi connectivity index (χ3v) is 1.89. The van der Waals surface area contributed by atoms with Gasteiger partial charge in [-0.15, -0.1) is 6.07 Å². The Kier molecular flexibility index (Phi) is 6.25. The average molecular weight is 362 g/mol. The minimum Gasteiger partial charge on any atom is -0.480 e. The number of hydrogen-bond donors (Lipinski definition) is 1. The molecule has 86 valence electrons. The second-order valence-electron chi connectivity index (χ2n) is 2.81. The molecule has 0 bridgehead atoms. The molecule has 1 aromatic heterocycles. The summed E-state index contributed by atoms with van der Waals surface area (Å²) in [5, 5.41) is 9.56. The van der Waals surface area contributed by atoms with Gasteiger partial charge < -0.3 is 17.1 Å². The summed E-state index contributed by atoms with van der Waals surface area (Å²) in [4.78, 5) is 10.5. The van der Waals surface area contributed by atoms with Crippen molar-refractivity contribution in [1.29, 1.82) is 0 Å². The Hall–Kier alpha value is -0.251. The third-order valence-electron chi connectivity index (χ3n) is 1.89. The second kappa shape index (κ2) is 6.36. The zero-order valence-electron chi connectivity index (χ0n) is 8.16. The molecule has 2 rings (SSSR count). The van der Waals surface area contributed by atoms with E-state index in [1.54, 1.807) is 10.8 Å². The van der Waals surface area contributed by atoms with E-state index in [0.717, 1.165) is 10.9 Å². The van der Waals surface area contributed by atoms with Gasteiger partial charge >= 0.3 is 52.9 Å². The summed E-state index contributed by atoms with van der Waals surface area (Å²) in [5.74, 6) is -0.838. The number of fused-ring (bicyclic) bond motifs is 1. The van der Waals surface area contributed by atoms with Crippen LogP contribution in [-0.2, 0) is 11.3 Å². The maximum absolute atomic E-state index is 10.5. The van der Waals surface area contributed by atoms with Crippen LogP contribution >= 0.6 is 0 Å². The van der Waals surface area contributed by atoms with Crippen LogP contribution in [0.1, 0.15) is 0 Å². The summed E-state index contributed by atoms with van der Waals surface area (Å²) in [7, 11) is 0. The van der Waals surface area contributed by atoms with Crippen molar-refractivity contribution in [2.75, 3.05) is 0 Å². The van der Waals surface area contributed by atoms with E-state index in [-0.39, 0.29) is 60.9 Å². The Labute approximate surface area is 127 Å². The molecule has 1 heterocycles. The average Bonchev–Trinajstić information content (AvgIpc) is 2.48. The zero-order valence-corrected chi connectivity index (χ0v) is 9.88. The predicted molar refractivity (Wildman–Crippen MR) is 54.8 cm³/mol. The van der Waals surface area contributed by atoms with Gasteiger partial charge in [0, 0.05) is 0 Å². The maximum atomic E-state index is 10.5. The van der Waals surface area contributed by atoms with Gasteiger partial charge in [0.1, 0.15) is 6.54 Å². The molecule has 0 aliphatic heterocycles. The molecule has 1 aromatic carbocycles. The number of nitrogens with zero attached hydrogens (tertiary/aromatic N) is 1. The molecule has 0 saturated heterocycles. The van der Waals surface area contributed by atoms with Gasteiger partial charge in [-0.1, -0.05) is 23.8 Å². The first-order valence-electron chi connectivity index (χ1n) is 3.95. The summed E-state index contributed by atoms with van der Waals surface area (Å²) < 4.78 is 1.66. The fraction of sp³-hybridized carbons (Fsp3) is 0.0909. The molecule has 0 amide bonds. The first kappa shape index (κ1) is 14.7. The third kappa shape index (κ3) is 3.37. The van der Waals surface area contributed by atoms with Crippen LogP contribution in [0.3, 0.4) is 0 Å². The van der Waals surface area contributed by atoms with Crippen molar-refractivity contribution in [2.24, 2.45) is 0 Å². The van der Waals surface area contributed by atoms with Gasteiger partial charge in [-0.2, -0.15) is 17.5 Å². The van der Waals surface area contributed by atoms with Crippen molar-refractivity contribution in [1.82, 2.24) is 4.57 Å². The SMILES string of the molecule is O=C(O)Cn1c[c-]c2ccccc21.[CH3-].[Yb+2]. The molecular formula is C11H11NO2Yb. The molecule has 15 heavy (non-hydrogen) atoms. The summed E-state index contributed by atoms with van der Waals surface area (Å²) in [5.41, 5.74) is 0.907. The number of rotatable bonds is 2. The van der Waals surface area contributed by atoms with E-state index in [4.69, 9.17) is 5.11 Å². The van der Waals surface area contributed by atoms with Gasteiger partial charge in [-0.3, -0.25) is 4.79 Å². The van der Waals surface area contributed by atoms with E-state index in [0.29, 0.717) is 0 Å². The van der Waals surface area contributed by atoms with E-state index in [9.17, 15) is 4.79 Å². The van der Waals surface area contributed by atoms with Crippen LogP contribution in [-0.4, -0.2) is 15.6 Å². The minimum atomic E-state index is -0.838. The van der Waals surface area contributed by atoms with Gasteiger partial charge in [0.15, 0.2) is 0 Å². The molecule has 0 saturated carbocycles. The molecule has 4 heteroatoms. The number of carbonyl (C=O) groups is 1. The number of aromatic nitrogens is 1. The van der Waals surface area contributed by atoms with E-state index < -0.39 is 5.97 Å². The smallest absolute Gasteiger partial charge is 0.480 e. The number of carboxylic acids is 1. The summed E-state index contributed by atoms with van der Waals surface area (Å²) >= 11 is 0. The van der Waals surface area contributed by atoms with E-state index in [1.165, 1.54) is 0 Å². The topological polar surface area (TPSA) is 42.2 Å². The summed E-state index contributed by atoms with van der Waals surface area (Å²) in [6.45, 7) is -0.00991. The molecule has 2 aromatic rings. The van der Waals surface area contributed by atoms with Crippen molar-refractivity contribution < 1.29 is 56.8 Å². The van der Waals surface area contributed by atoms with E-state index in [1.807, 2.05) is 24.3 Å². The molecule has 0 aliphatic carbocycles. The van der Waals surface area contributed by atoms with Crippen molar-refractivity contribution in [3.05, 3.63) is 44.0 Å². The molecule has 1 N–H and O–H groups in total. The van der Waals surface area contributed by atoms with Crippen molar-refractivity contribution in [2.45, 2.75) is 6.54 Å². The monoisotopic (exact) mass is 363 g/mol. The molecule has 0 unspecified atom stereocenters. The zero-order chi connectivity index (χ0) is 9.26. The van der Waals surface area contributed by atoms with Gasteiger partial charge in [0.2, 0.25) is 0 Å². The molecule has 3 nitrogen and oxygen atoms in total. The van der Waals surface area contributed by atoms with Crippen LogP contribution in [0.4, 0.5) is 0 Å². The molecule has 0 spiro atoms. The van der Waals surface area contributed by atoms with Gasteiger partial charge in [0.25, 0.3) is 0 Å². The van der Waals surface area contributed by atoms with E-state index in [2.05, 4.69) is 6.07 Å². The normalized spacial score (nSPS) is 9.07. The number of hydrogen-bond acceptors (Lipinski definition) is 1. The van der Waals surface area contributed by atoms with Crippen molar-refractivity contribution in [3.8, 4) is 0 Å². The molecule has 0 radical (unpaired) electrons. The van der Waals surface area contributed by atoms with Crippen LogP contribution in [0.25, 0.3) is 10.9 Å². The Balaban J connectivity index is 0.000000980. The van der Waals surface area contributed by atoms with Crippen LogP contribution in [0, 0.1) is 60.4 Å². The molecule has 0 atom stereocenters. The molecular weight excluding hydrogens is 351 g/mol. The van der Waals surface area contributed by atoms with Crippen LogP contribution in [0.15, 0.2) is 30.5 Å². The van der Waals surface area contributed by atoms with Crippen molar-refractivity contribution >= 4 is 16.9 Å². The van der Waals surface area contributed by atoms with Gasteiger partial charge in [0.05, 0.1) is 0 Å². The van der Waals surface area contributed by atoms with Gasteiger partial charge in [-0.25, -0.2) is 0 Å². The largest absolute Gasteiger partial charge is 2.00 e. The summed E-state index contributed by atoms with van der Waals surface area (Å²) in [6.07, 6.45) is 1.67. The summed E-state index contributed by atoms with van der Waals surface area (Å²) in [6, 6.07) is 10.6. The Morgan fingerprint density at radius 1 is 1.40 bits per heavy atom. The molecule has 0 fully saturated rings. The fourth-order valence-electron chi connectivity index (χ4n) is 1.34. The standard InChI is InChI=1S/C10H8NO2.CH3.Yb/c12-10(13)7-11-6-5-8-3-1-2-4-9(8)11;;/h1-4,6H,7H2,(H,12,13);1H3;/q2*-1;+2. The van der Waals surface area contributed by atoms with Crippen LogP contribution in [0.2, 0.25) is 0 Å². The van der Waals surface area contributed by atoms with Crippen LogP contribution in [0.5, 0.6) is 0 Å². The van der Waals surface area contributed by atoms with Gasteiger partial charge in [-0.05, 0) is 0 Å². The van der Waals surface area contributed by atoms with Crippen LogP contribution < -0.4 is 0 Å². The Bertz CT molecular complexity index is 451. The Morgan fingerprint density at radius 2 is 2.07 bits per heavy atom. The first-order valence-corrected chi connectivity index (χ1v) is 3.95. The first-order chi connectivity index (χ1) is 6.27. The van der Waals surface area contributed by atoms with Crippen molar-refractivity contribution in [3.63, 3.8) is 0 Å². The number of para-hydroxylation sites is 1. The number of benzene rings is 1. The predicted octanol–water partition coefficient (Wildman–Crippen LogP) is 1.98. The minimum absolute atomic E-state index is 0.